The van der Waals surface area contributed by atoms with Crippen LogP contribution in [0.25, 0.3) is 0 Å². The summed E-state index contributed by atoms with van der Waals surface area (Å²) in [5, 5.41) is 11.7. The van der Waals surface area contributed by atoms with Gasteiger partial charge in [-0.25, -0.2) is 4.79 Å². The van der Waals surface area contributed by atoms with Gasteiger partial charge in [0.15, 0.2) is 0 Å². The summed E-state index contributed by atoms with van der Waals surface area (Å²) in [5.41, 5.74) is 0. The minimum Gasteiger partial charge on any atom is -0.480 e. The normalized spacial score (nSPS) is 12.1. The number of amides is 1. The fourth-order valence-electron chi connectivity index (χ4n) is 2.27. The van der Waals surface area contributed by atoms with Gasteiger partial charge in [-0.15, -0.1) is 0 Å². The van der Waals surface area contributed by atoms with E-state index in [4.69, 9.17) is 18.9 Å². The summed E-state index contributed by atoms with van der Waals surface area (Å²) >= 11 is 0. The molecule has 27 heavy (non-hydrogen) atoms. The van der Waals surface area contributed by atoms with E-state index in [0.29, 0.717) is 52.7 Å². The highest BCUT2D eigenvalue weighted by molar-refractivity contribution is 5.83. The van der Waals surface area contributed by atoms with Crippen LogP contribution in [0, 0.1) is 0 Å². The Bertz CT molecular complexity index is 366. The summed E-state index contributed by atoms with van der Waals surface area (Å²) in [4.78, 5) is 23.0. The van der Waals surface area contributed by atoms with Crippen molar-refractivity contribution in [1.82, 2.24) is 5.32 Å². The predicted molar refractivity (Wildman–Crippen MR) is 102 cm³/mol. The Hall–Kier alpha value is -1.22. The molecule has 160 valence electrons. The summed E-state index contributed by atoms with van der Waals surface area (Å²) in [5.74, 6) is -1.29. The van der Waals surface area contributed by atoms with E-state index in [-0.39, 0.29) is 18.9 Å². The van der Waals surface area contributed by atoms with E-state index in [1.165, 1.54) is 0 Å². The third-order valence-electron chi connectivity index (χ3n) is 3.77. The van der Waals surface area contributed by atoms with Gasteiger partial charge in [0.2, 0.25) is 5.91 Å². The Labute approximate surface area is 162 Å². The SMILES string of the molecule is CCCCCC[C@H](NC(=O)CCOCCOCCOCCOCC)C(=O)O. The van der Waals surface area contributed by atoms with Gasteiger partial charge in [-0.3, -0.25) is 4.79 Å². The van der Waals surface area contributed by atoms with E-state index in [1.54, 1.807) is 0 Å². The Balaban J connectivity index is 3.54. The van der Waals surface area contributed by atoms with Crippen molar-refractivity contribution >= 4 is 11.9 Å². The van der Waals surface area contributed by atoms with E-state index in [9.17, 15) is 14.7 Å². The standard InChI is InChI=1S/C19H37NO7/c1-3-5-6-7-8-17(19(22)23)20-18(21)9-10-25-13-14-27-16-15-26-12-11-24-4-2/h17H,3-16H2,1-2H3,(H,20,21)(H,22,23)/t17-/m0/s1. The lowest BCUT2D eigenvalue weighted by molar-refractivity contribution is -0.142. The van der Waals surface area contributed by atoms with Crippen molar-refractivity contribution in [1.29, 1.82) is 0 Å². The Morgan fingerprint density at radius 1 is 0.815 bits per heavy atom. The van der Waals surface area contributed by atoms with Crippen molar-refractivity contribution in [3.63, 3.8) is 0 Å². The first-order valence-electron chi connectivity index (χ1n) is 9.94. The van der Waals surface area contributed by atoms with E-state index in [1.807, 2.05) is 6.92 Å². The van der Waals surface area contributed by atoms with Crippen LogP contribution < -0.4 is 5.32 Å². The number of carboxylic acids is 1. The Morgan fingerprint density at radius 2 is 1.37 bits per heavy atom. The van der Waals surface area contributed by atoms with Crippen molar-refractivity contribution in [2.75, 3.05) is 52.9 Å². The molecule has 0 aromatic carbocycles. The van der Waals surface area contributed by atoms with Crippen LogP contribution in [0.15, 0.2) is 0 Å². The highest BCUT2D eigenvalue weighted by atomic mass is 16.6. The van der Waals surface area contributed by atoms with Crippen molar-refractivity contribution in [2.24, 2.45) is 0 Å². The topological polar surface area (TPSA) is 103 Å². The molecule has 0 fully saturated rings. The molecule has 1 amide bonds. The minimum atomic E-state index is -0.988. The molecular weight excluding hydrogens is 354 g/mol. The number of carbonyl (C=O) groups is 2. The van der Waals surface area contributed by atoms with E-state index >= 15 is 0 Å². The molecule has 0 aromatic heterocycles. The number of hydrogen-bond acceptors (Lipinski definition) is 6. The van der Waals surface area contributed by atoms with Crippen LogP contribution in [0.2, 0.25) is 0 Å². The molecular formula is C19H37NO7. The molecule has 1 atom stereocenters. The van der Waals surface area contributed by atoms with Gasteiger partial charge in [0, 0.05) is 13.0 Å². The zero-order valence-corrected chi connectivity index (χ0v) is 16.9. The van der Waals surface area contributed by atoms with Gasteiger partial charge in [0.25, 0.3) is 0 Å². The minimum absolute atomic E-state index is 0.138. The van der Waals surface area contributed by atoms with Crippen molar-refractivity contribution in [3.05, 3.63) is 0 Å². The molecule has 0 rings (SSSR count). The van der Waals surface area contributed by atoms with Crippen LogP contribution in [0.1, 0.15) is 52.4 Å². The largest absolute Gasteiger partial charge is 0.480 e. The number of unbranched alkanes of at least 4 members (excludes halogenated alkanes) is 3. The molecule has 0 aromatic rings. The van der Waals surface area contributed by atoms with Crippen LogP contribution in [0.3, 0.4) is 0 Å². The average Bonchev–Trinajstić information content (AvgIpc) is 2.65. The molecule has 2 N–H and O–H groups in total. The number of carbonyl (C=O) groups excluding carboxylic acids is 1. The van der Waals surface area contributed by atoms with Crippen LogP contribution in [-0.2, 0) is 28.5 Å². The molecule has 0 heterocycles. The first-order valence-corrected chi connectivity index (χ1v) is 9.94. The maximum atomic E-state index is 11.8. The fourth-order valence-corrected chi connectivity index (χ4v) is 2.27. The van der Waals surface area contributed by atoms with E-state index < -0.39 is 12.0 Å². The number of ether oxygens (including phenoxy) is 4. The molecule has 0 spiro atoms. The molecule has 0 unspecified atom stereocenters. The van der Waals surface area contributed by atoms with Gasteiger partial charge in [-0.2, -0.15) is 0 Å². The summed E-state index contributed by atoms with van der Waals surface area (Å²) in [6.45, 7) is 7.89. The van der Waals surface area contributed by atoms with Crippen LogP contribution in [0.4, 0.5) is 0 Å². The van der Waals surface area contributed by atoms with Crippen molar-refractivity contribution in [3.8, 4) is 0 Å². The van der Waals surface area contributed by atoms with Gasteiger partial charge >= 0.3 is 5.97 Å². The maximum Gasteiger partial charge on any atom is 0.326 e. The molecule has 0 aliphatic carbocycles. The van der Waals surface area contributed by atoms with Crippen molar-refractivity contribution in [2.45, 2.75) is 58.4 Å². The average molecular weight is 392 g/mol. The monoisotopic (exact) mass is 391 g/mol. The second kappa shape index (κ2) is 19.5. The quantitative estimate of drug-likeness (QED) is 0.306. The van der Waals surface area contributed by atoms with Gasteiger partial charge < -0.3 is 29.4 Å². The lowest BCUT2D eigenvalue weighted by Gasteiger charge is -2.14. The van der Waals surface area contributed by atoms with Gasteiger partial charge in [-0.1, -0.05) is 32.6 Å². The third-order valence-corrected chi connectivity index (χ3v) is 3.77. The van der Waals surface area contributed by atoms with Crippen LogP contribution in [-0.4, -0.2) is 75.9 Å². The molecule has 0 saturated heterocycles. The predicted octanol–water partition coefficient (Wildman–Crippen LogP) is 2.00. The molecule has 0 saturated carbocycles. The first-order chi connectivity index (χ1) is 13.1. The number of carboxylic acid groups (broad SMARTS) is 1. The number of hydrogen-bond donors (Lipinski definition) is 2. The molecule has 0 radical (unpaired) electrons. The van der Waals surface area contributed by atoms with Gasteiger partial charge in [0.05, 0.1) is 46.2 Å². The van der Waals surface area contributed by atoms with E-state index in [0.717, 1.165) is 25.7 Å². The van der Waals surface area contributed by atoms with E-state index in [2.05, 4.69) is 12.2 Å². The summed E-state index contributed by atoms with van der Waals surface area (Å²) in [6, 6.07) is -0.819. The smallest absolute Gasteiger partial charge is 0.326 e. The maximum absolute atomic E-state index is 11.8. The highest BCUT2D eigenvalue weighted by Crippen LogP contribution is 2.06. The van der Waals surface area contributed by atoms with Gasteiger partial charge in [0.1, 0.15) is 6.04 Å². The second-order valence-corrected chi connectivity index (χ2v) is 6.09. The second-order valence-electron chi connectivity index (χ2n) is 6.09. The summed E-state index contributed by atoms with van der Waals surface area (Å²) in [6.07, 6.45) is 4.55. The Kier molecular flexibility index (Phi) is 18.7. The first kappa shape index (κ1) is 25.8. The van der Waals surface area contributed by atoms with Crippen LogP contribution >= 0.6 is 0 Å². The lowest BCUT2D eigenvalue weighted by Crippen LogP contribution is -2.41. The lowest BCUT2D eigenvalue weighted by atomic mass is 10.1. The summed E-state index contributed by atoms with van der Waals surface area (Å²) in [7, 11) is 0. The van der Waals surface area contributed by atoms with Crippen LogP contribution in [0.5, 0.6) is 0 Å². The molecule has 8 heteroatoms. The number of aliphatic carboxylic acids is 1. The third kappa shape index (κ3) is 17.9. The molecule has 0 aliphatic rings. The Morgan fingerprint density at radius 3 is 1.89 bits per heavy atom. The zero-order chi connectivity index (χ0) is 20.2. The number of rotatable bonds is 20. The number of nitrogens with one attached hydrogen (secondary N) is 1. The summed E-state index contributed by atoms with van der Waals surface area (Å²) < 4.78 is 21.1. The van der Waals surface area contributed by atoms with Gasteiger partial charge in [-0.05, 0) is 13.3 Å². The highest BCUT2D eigenvalue weighted by Gasteiger charge is 2.18. The molecule has 0 aliphatic heterocycles. The molecule has 8 nitrogen and oxygen atoms in total. The molecule has 0 bridgehead atoms. The zero-order valence-electron chi connectivity index (χ0n) is 16.9. The fraction of sp³-hybridized carbons (Fsp3) is 0.895. The van der Waals surface area contributed by atoms with Crippen molar-refractivity contribution < 1.29 is 33.6 Å².